The Morgan fingerprint density at radius 2 is 1.97 bits per heavy atom. The topological polar surface area (TPSA) is 180 Å². The van der Waals surface area contributed by atoms with Crippen LogP contribution in [0.15, 0.2) is 66.4 Å². The standard InChI is InChI=1S/C19H20BrFN8O4S/c1-11-2-5-13(6-3-11)34(31,32)29-19(22)24-9-8-23-17-16(27-33-28-17)18(26-30)25-12-4-7-15(21)14(20)10-12/h2-7,10,30H,8-9H2,1H3,(H,23,28)(H,25,26)(H3,22,24,29). The summed E-state index contributed by atoms with van der Waals surface area (Å²) in [4.78, 5) is 8.16. The van der Waals surface area contributed by atoms with Crippen molar-refractivity contribution in [1.29, 1.82) is 0 Å². The second-order valence-electron chi connectivity index (χ2n) is 6.74. The van der Waals surface area contributed by atoms with Crippen LogP contribution in [-0.2, 0) is 10.0 Å². The fourth-order valence-electron chi connectivity index (χ4n) is 2.57. The molecule has 0 aliphatic carbocycles. The largest absolute Gasteiger partial charge is 0.369 e. The molecule has 0 aliphatic rings. The molecule has 0 fully saturated rings. The summed E-state index contributed by atoms with van der Waals surface area (Å²) in [7, 11) is -3.86. The molecule has 1 heterocycles. The van der Waals surface area contributed by atoms with Gasteiger partial charge in [-0.3, -0.25) is 15.7 Å². The first kappa shape index (κ1) is 25.1. The molecule has 6 N–H and O–H groups in total. The van der Waals surface area contributed by atoms with Crippen LogP contribution in [-0.4, -0.2) is 48.8 Å². The van der Waals surface area contributed by atoms with Crippen LogP contribution in [0.5, 0.6) is 0 Å². The number of hydrogen-bond donors (Lipinski definition) is 5. The van der Waals surface area contributed by atoms with Crippen LogP contribution in [0.3, 0.4) is 0 Å². The van der Waals surface area contributed by atoms with Gasteiger partial charge in [0.25, 0.3) is 10.0 Å². The van der Waals surface area contributed by atoms with Crippen LogP contribution in [0, 0.1) is 12.7 Å². The van der Waals surface area contributed by atoms with Crippen LogP contribution in [0.4, 0.5) is 15.9 Å². The highest BCUT2D eigenvalue weighted by Gasteiger charge is 2.17. The number of sulfonamides is 1. The molecule has 0 spiro atoms. The van der Waals surface area contributed by atoms with Crippen LogP contribution < -0.4 is 21.3 Å². The summed E-state index contributed by atoms with van der Waals surface area (Å²) < 4.78 is 45.2. The molecule has 34 heavy (non-hydrogen) atoms. The van der Waals surface area contributed by atoms with E-state index in [2.05, 4.69) is 46.3 Å². The van der Waals surface area contributed by atoms with Gasteiger partial charge in [0.15, 0.2) is 11.5 Å². The fourth-order valence-corrected chi connectivity index (χ4v) is 3.89. The Balaban J connectivity index is 1.62. The normalized spacial score (nSPS) is 12.5. The lowest BCUT2D eigenvalue weighted by atomic mass is 10.2. The summed E-state index contributed by atoms with van der Waals surface area (Å²) in [6.45, 7) is 2.07. The van der Waals surface area contributed by atoms with Gasteiger partial charge in [0.05, 0.1) is 21.6 Å². The molecule has 0 unspecified atom stereocenters. The van der Waals surface area contributed by atoms with Gasteiger partial charge in [-0.05, 0) is 63.5 Å². The number of rotatable bonds is 8. The van der Waals surface area contributed by atoms with E-state index in [0.717, 1.165) is 5.56 Å². The zero-order valence-corrected chi connectivity index (χ0v) is 20.1. The number of nitrogens with two attached hydrogens (primary N) is 1. The van der Waals surface area contributed by atoms with Crippen molar-refractivity contribution < 1.29 is 22.6 Å². The SMILES string of the molecule is Cc1ccc(S(=O)(=O)NC(N)=NCCNc2nonc2C(=Nc2ccc(F)c(Br)c2)NO)cc1. The number of aryl methyl sites for hydroxylation is 1. The van der Waals surface area contributed by atoms with Gasteiger partial charge in [0.2, 0.25) is 11.8 Å². The van der Waals surface area contributed by atoms with Gasteiger partial charge in [0, 0.05) is 6.54 Å². The Labute approximate surface area is 202 Å². The first-order chi connectivity index (χ1) is 16.2. The summed E-state index contributed by atoms with van der Waals surface area (Å²) in [5.74, 6) is -0.752. The Morgan fingerprint density at radius 3 is 2.65 bits per heavy atom. The Kier molecular flexibility index (Phi) is 8.14. The minimum absolute atomic E-state index is 0.0416. The minimum atomic E-state index is -3.86. The molecule has 0 atom stereocenters. The lowest BCUT2D eigenvalue weighted by Crippen LogP contribution is -2.37. The van der Waals surface area contributed by atoms with Gasteiger partial charge >= 0.3 is 0 Å². The van der Waals surface area contributed by atoms with Crippen molar-refractivity contribution in [1.82, 2.24) is 20.5 Å². The lowest BCUT2D eigenvalue weighted by Gasteiger charge is -2.08. The van der Waals surface area contributed by atoms with Gasteiger partial charge in [-0.1, -0.05) is 17.7 Å². The number of aliphatic imine (C=N–C) groups is 2. The molecule has 3 aromatic rings. The van der Waals surface area contributed by atoms with Gasteiger partial charge in [-0.2, -0.15) is 0 Å². The molecule has 0 amide bonds. The average molecular weight is 555 g/mol. The molecule has 0 saturated carbocycles. The summed E-state index contributed by atoms with van der Waals surface area (Å²) in [5, 5.41) is 19.7. The number of hydrogen-bond acceptors (Lipinski definition) is 9. The van der Waals surface area contributed by atoms with E-state index in [0.29, 0.717) is 5.69 Å². The molecule has 2 aromatic carbocycles. The van der Waals surface area contributed by atoms with E-state index >= 15 is 0 Å². The van der Waals surface area contributed by atoms with Gasteiger partial charge < -0.3 is 11.1 Å². The molecule has 12 nitrogen and oxygen atoms in total. The Bertz CT molecular complexity index is 1310. The molecular formula is C19H20BrFN8O4S. The zero-order chi connectivity index (χ0) is 24.7. The van der Waals surface area contributed by atoms with Crippen molar-refractivity contribution in [2.45, 2.75) is 11.8 Å². The molecule has 180 valence electrons. The summed E-state index contributed by atoms with van der Waals surface area (Å²) in [5.41, 5.74) is 8.86. The molecule has 15 heteroatoms. The highest BCUT2D eigenvalue weighted by molar-refractivity contribution is 9.10. The molecular weight excluding hydrogens is 535 g/mol. The number of guanidine groups is 1. The first-order valence-electron chi connectivity index (χ1n) is 9.59. The maximum absolute atomic E-state index is 13.4. The van der Waals surface area contributed by atoms with Crippen LogP contribution in [0.2, 0.25) is 0 Å². The molecule has 0 bridgehead atoms. The number of amidine groups is 1. The van der Waals surface area contributed by atoms with E-state index in [9.17, 15) is 18.0 Å². The number of anilines is 1. The quantitative estimate of drug-likeness (QED) is 0.120. The maximum atomic E-state index is 13.4. The fraction of sp³-hybridized carbons (Fsp3) is 0.158. The van der Waals surface area contributed by atoms with Crippen LogP contribution >= 0.6 is 15.9 Å². The van der Waals surface area contributed by atoms with E-state index < -0.39 is 15.8 Å². The minimum Gasteiger partial charge on any atom is -0.369 e. The number of halogens is 2. The number of aromatic nitrogens is 2. The van der Waals surface area contributed by atoms with Crippen molar-refractivity contribution in [3.63, 3.8) is 0 Å². The van der Waals surface area contributed by atoms with Gasteiger partial charge in [-0.25, -0.2) is 27.2 Å². The zero-order valence-electron chi connectivity index (χ0n) is 17.7. The highest BCUT2D eigenvalue weighted by Crippen LogP contribution is 2.23. The van der Waals surface area contributed by atoms with E-state index in [4.69, 9.17) is 10.4 Å². The van der Waals surface area contributed by atoms with Crippen molar-refractivity contribution in [2.24, 2.45) is 15.7 Å². The van der Waals surface area contributed by atoms with Crippen molar-refractivity contribution in [3.8, 4) is 0 Å². The first-order valence-corrected chi connectivity index (χ1v) is 11.9. The molecule has 0 aliphatic heterocycles. The lowest BCUT2D eigenvalue weighted by molar-refractivity contribution is 0.234. The average Bonchev–Trinajstić information content (AvgIpc) is 3.25. The molecule has 1 aromatic heterocycles. The van der Waals surface area contributed by atoms with Crippen molar-refractivity contribution in [3.05, 3.63) is 64.0 Å². The maximum Gasteiger partial charge on any atom is 0.264 e. The number of nitrogens with zero attached hydrogens (tertiary/aromatic N) is 4. The van der Waals surface area contributed by atoms with Crippen LogP contribution in [0.25, 0.3) is 0 Å². The Hall–Kier alpha value is -3.56. The van der Waals surface area contributed by atoms with E-state index in [1.54, 1.807) is 12.1 Å². The van der Waals surface area contributed by atoms with Crippen molar-refractivity contribution >= 4 is 49.3 Å². The second-order valence-corrected chi connectivity index (χ2v) is 9.28. The van der Waals surface area contributed by atoms with E-state index in [1.807, 2.05) is 12.4 Å². The smallest absolute Gasteiger partial charge is 0.264 e. The summed E-state index contributed by atoms with van der Waals surface area (Å²) in [6, 6.07) is 10.3. The third-order valence-electron chi connectivity index (χ3n) is 4.22. The predicted molar refractivity (Wildman–Crippen MR) is 126 cm³/mol. The molecule has 0 saturated heterocycles. The summed E-state index contributed by atoms with van der Waals surface area (Å²) in [6.07, 6.45) is 0. The molecule has 0 radical (unpaired) electrons. The third kappa shape index (κ3) is 6.49. The predicted octanol–water partition coefficient (Wildman–Crippen LogP) is 2.04. The highest BCUT2D eigenvalue weighted by atomic mass is 79.9. The monoisotopic (exact) mass is 554 g/mol. The number of benzene rings is 2. The second kappa shape index (κ2) is 11.0. The molecule has 3 rings (SSSR count). The van der Waals surface area contributed by atoms with E-state index in [-0.39, 0.29) is 45.8 Å². The third-order valence-corrected chi connectivity index (χ3v) is 6.20. The Morgan fingerprint density at radius 1 is 1.24 bits per heavy atom. The number of nitrogens with one attached hydrogen (secondary N) is 3. The summed E-state index contributed by atoms with van der Waals surface area (Å²) >= 11 is 3.06. The van der Waals surface area contributed by atoms with E-state index in [1.165, 1.54) is 30.3 Å². The van der Waals surface area contributed by atoms with Crippen LogP contribution in [0.1, 0.15) is 11.3 Å². The van der Waals surface area contributed by atoms with Gasteiger partial charge in [-0.15, -0.1) is 0 Å². The van der Waals surface area contributed by atoms with Crippen molar-refractivity contribution in [2.75, 3.05) is 18.4 Å². The van der Waals surface area contributed by atoms with Gasteiger partial charge in [0.1, 0.15) is 5.82 Å². The number of hydroxylamine groups is 1.